The first-order valence-electron chi connectivity index (χ1n) is 8.77. The third kappa shape index (κ3) is 5.06. The Bertz CT molecular complexity index is 566. The second-order valence-corrected chi connectivity index (χ2v) is 7.49. The maximum atomic E-state index is 12.3. The fraction of sp³-hybridized carbons (Fsp3) is 0.632. The summed E-state index contributed by atoms with van der Waals surface area (Å²) in [5.41, 5.74) is 0.278. The van der Waals surface area contributed by atoms with Crippen molar-refractivity contribution in [2.75, 3.05) is 7.11 Å². The van der Waals surface area contributed by atoms with Gasteiger partial charge in [-0.2, -0.15) is 0 Å². The first-order chi connectivity index (χ1) is 11.6. The summed E-state index contributed by atoms with van der Waals surface area (Å²) in [6.45, 7) is 10.2. The molecule has 0 radical (unpaired) electrons. The fourth-order valence-electron chi connectivity index (χ4n) is 2.58. The van der Waals surface area contributed by atoms with Crippen LogP contribution in [0.25, 0.3) is 0 Å². The molecule has 0 aromatic heterocycles. The highest BCUT2D eigenvalue weighted by Gasteiger charge is 2.50. The molecule has 1 atom stereocenters. The van der Waals surface area contributed by atoms with Crippen molar-refractivity contribution >= 4 is 12.9 Å². The van der Waals surface area contributed by atoms with Gasteiger partial charge in [-0.25, -0.2) is 0 Å². The highest BCUT2D eigenvalue weighted by molar-refractivity contribution is 6.45. The van der Waals surface area contributed by atoms with Crippen molar-refractivity contribution in [2.45, 2.75) is 71.3 Å². The van der Waals surface area contributed by atoms with Crippen molar-refractivity contribution < 1.29 is 23.6 Å². The van der Waals surface area contributed by atoms with Crippen LogP contribution in [-0.2, 0) is 25.4 Å². The minimum absolute atomic E-state index is 0.0585. The van der Waals surface area contributed by atoms with E-state index < -0.39 is 6.10 Å². The summed E-state index contributed by atoms with van der Waals surface area (Å²) in [5, 5.41) is 0. The maximum Gasteiger partial charge on any atom is 0.458 e. The van der Waals surface area contributed by atoms with Crippen molar-refractivity contribution in [3.8, 4) is 5.75 Å². The molecule has 1 unspecified atom stereocenters. The van der Waals surface area contributed by atoms with E-state index in [1.54, 1.807) is 14.0 Å². The molecule has 0 aliphatic carbocycles. The van der Waals surface area contributed by atoms with E-state index in [0.717, 1.165) is 11.3 Å². The summed E-state index contributed by atoms with van der Waals surface area (Å²) in [5.74, 6) is 0.860. The summed E-state index contributed by atoms with van der Waals surface area (Å²) in [7, 11) is 1.29. The molecule has 138 valence electrons. The lowest BCUT2D eigenvalue weighted by molar-refractivity contribution is -0.129. The number of hydrogen-bond donors (Lipinski definition) is 0. The molecule has 1 aliphatic heterocycles. The highest BCUT2D eigenvalue weighted by atomic mass is 16.7. The standard InChI is InChI=1S/C19H29BO5/c1-14(23-13-15-7-9-16(22-6)10-8-15)17(21)11-12-20-24-18(2,3)19(4,5)25-20/h7-10,14H,11-13H2,1-6H3. The largest absolute Gasteiger partial charge is 0.497 e. The van der Waals surface area contributed by atoms with Crippen molar-refractivity contribution in [1.82, 2.24) is 0 Å². The van der Waals surface area contributed by atoms with Gasteiger partial charge in [-0.15, -0.1) is 0 Å². The van der Waals surface area contributed by atoms with Crippen LogP contribution >= 0.6 is 0 Å². The topological polar surface area (TPSA) is 54.0 Å². The maximum absolute atomic E-state index is 12.3. The summed E-state index contributed by atoms with van der Waals surface area (Å²) < 4.78 is 22.6. The monoisotopic (exact) mass is 348 g/mol. The third-order valence-corrected chi connectivity index (χ3v) is 5.04. The molecule has 1 saturated heterocycles. The number of hydrogen-bond acceptors (Lipinski definition) is 5. The van der Waals surface area contributed by atoms with Gasteiger partial charge in [-0.05, 0) is 58.6 Å². The van der Waals surface area contributed by atoms with E-state index >= 15 is 0 Å². The number of carbonyl (C=O) groups is 1. The predicted molar refractivity (Wildman–Crippen MR) is 97.8 cm³/mol. The molecular weight excluding hydrogens is 319 g/mol. The van der Waals surface area contributed by atoms with Gasteiger partial charge in [0.05, 0.1) is 24.9 Å². The molecule has 1 aromatic carbocycles. The molecule has 2 rings (SSSR count). The van der Waals surface area contributed by atoms with E-state index in [1.165, 1.54) is 0 Å². The van der Waals surface area contributed by atoms with Gasteiger partial charge in [-0.1, -0.05) is 12.1 Å². The lowest BCUT2D eigenvalue weighted by Gasteiger charge is -2.32. The average molecular weight is 348 g/mol. The molecule has 1 heterocycles. The Morgan fingerprint density at radius 3 is 2.20 bits per heavy atom. The Hall–Kier alpha value is -1.37. The molecule has 6 heteroatoms. The second-order valence-electron chi connectivity index (χ2n) is 7.49. The van der Waals surface area contributed by atoms with Crippen LogP contribution in [0.2, 0.25) is 6.32 Å². The molecule has 25 heavy (non-hydrogen) atoms. The zero-order valence-corrected chi connectivity index (χ0v) is 16.1. The first-order valence-corrected chi connectivity index (χ1v) is 8.77. The van der Waals surface area contributed by atoms with E-state index in [0.29, 0.717) is 19.3 Å². The SMILES string of the molecule is COc1ccc(COC(C)C(=O)CCB2OC(C)(C)C(C)(C)O2)cc1. The normalized spacial score (nSPS) is 19.7. The van der Waals surface area contributed by atoms with Crippen LogP contribution in [0.3, 0.4) is 0 Å². The van der Waals surface area contributed by atoms with E-state index in [4.69, 9.17) is 18.8 Å². The molecule has 1 fully saturated rings. The van der Waals surface area contributed by atoms with Gasteiger partial charge in [0.2, 0.25) is 0 Å². The molecular formula is C19H29BO5. The molecule has 5 nitrogen and oxygen atoms in total. The van der Waals surface area contributed by atoms with Gasteiger partial charge < -0.3 is 18.8 Å². The van der Waals surface area contributed by atoms with E-state index in [9.17, 15) is 4.79 Å². The third-order valence-electron chi connectivity index (χ3n) is 5.04. The number of carbonyl (C=O) groups excluding carboxylic acids is 1. The number of ketones is 1. The molecule has 0 N–H and O–H groups in total. The van der Waals surface area contributed by atoms with E-state index in [1.807, 2.05) is 52.0 Å². The summed E-state index contributed by atoms with van der Waals surface area (Å²) in [4.78, 5) is 12.3. The van der Waals surface area contributed by atoms with Gasteiger partial charge in [0.25, 0.3) is 0 Å². The molecule has 0 saturated carbocycles. The lowest BCUT2D eigenvalue weighted by atomic mass is 9.81. The van der Waals surface area contributed by atoms with Crippen LogP contribution in [0.1, 0.15) is 46.6 Å². The van der Waals surface area contributed by atoms with Gasteiger partial charge in [0.1, 0.15) is 11.9 Å². The summed E-state index contributed by atoms with van der Waals surface area (Å²) >= 11 is 0. The van der Waals surface area contributed by atoms with Crippen LogP contribution in [0.5, 0.6) is 5.75 Å². The van der Waals surface area contributed by atoms with Crippen LogP contribution in [0, 0.1) is 0 Å². The zero-order valence-electron chi connectivity index (χ0n) is 16.1. The summed E-state index contributed by atoms with van der Waals surface area (Å²) in [6, 6.07) is 7.62. The molecule has 1 aliphatic rings. The van der Waals surface area contributed by atoms with Gasteiger partial charge >= 0.3 is 7.12 Å². The van der Waals surface area contributed by atoms with Crippen LogP contribution in [0.15, 0.2) is 24.3 Å². The molecule has 1 aromatic rings. The second kappa shape index (κ2) is 7.89. The van der Waals surface area contributed by atoms with Crippen LogP contribution in [0.4, 0.5) is 0 Å². The Kier molecular flexibility index (Phi) is 6.30. The zero-order chi connectivity index (χ0) is 18.7. The van der Waals surface area contributed by atoms with Crippen molar-refractivity contribution in [3.63, 3.8) is 0 Å². The fourth-order valence-corrected chi connectivity index (χ4v) is 2.58. The molecule has 0 bridgehead atoms. The Morgan fingerprint density at radius 2 is 1.68 bits per heavy atom. The van der Waals surface area contributed by atoms with Gasteiger partial charge in [0, 0.05) is 6.42 Å². The molecule has 0 spiro atoms. The number of ether oxygens (including phenoxy) is 2. The number of Topliss-reactive ketones (excluding diaryl/α,β-unsaturated/α-hetero) is 1. The van der Waals surface area contributed by atoms with Crippen LogP contribution < -0.4 is 4.74 Å². The minimum Gasteiger partial charge on any atom is -0.497 e. The summed E-state index contributed by atoms with van der Waals surface area (Å²) in [6.07, 6.45) is 0.465. The van der Waals surface area contributed by atoms with Crippen LogP contribution in [-0.4, -0.2) is 37.3 Å². The van der Waals surface area contributed by atoms with Crippen molar-refractivity contribution in [3.05, 3.63) is 29.8 Å². The number of rotatable bonds is 8. The Balaban J connectivity index is 1.75. The predicted octanol–water partition coefficient (Wildman–Crippen LogP) is 3.65. The lowest BCUT2D eigenvalue weighted by Crippen LogP contribution is -2.41. The first kappa shape index (κ1) is 20.0. The van der Waals surface area contributed by atoms with E-state index in [2.05, 4.69) is 0 Å². The Labute approximate surface area is 151 Å². The number of benzene rings is 1. The average Bonchev–Trinajstić information content (AvgIpc) is 2.78. The molecule has 0 amide bonds. The van der Waals surface area contributed by atoms with E-state index in [-0.39, 0.29) is 24.1 Å². The Morgan fingerprint density at radius 1 is 1.12 bits per heavy atom. The van der Waals surface area contributed by atoms with Gasteiger partial charge in [-0.3, -0.25) is 4.79 Å². The minimum atomic E-state index is -0.454. The smallest absolute Gasteiger partial charge is 0.458 e. The number of methoxy groups -OCH3 is 1. The van der Waals surface area contributed by atoms with Crippen molar-refractivity contribution in [2.24, 2.45) is 0 Å². The van der Waals surface area contributed by atoms with Crippen molar-refractivity contribution in [1.29, 1.82) is 0 Å². The van der Waals surface area contributed by atoms with Gasteiger partial charge in [0.15, 0.2) is 5.78 Å². The quantitative estimate of drug-likeness (QED) is 0.671. The highest BCUT2D eigenvalue weighted by Crippen LogP contribution is 2.38.